The van der Waals surface area contributed by atoms with Gasteiger partial charge >= 0.3 is 0 Å². The van der Waals surface area contributed by atoms with Crippen LogP contribution in [0.1, 0.15) is 0 Å². The van der Waals surface area contributed by atoms with Crippen molar-refractivity contribution >= 4 is 28.3 Å². The minimum absolute atomic E-state index is 0.107. The molecule has 22 heavy (non-hydrogen) atoms. The third kappa shape index (κ3) is 2.75. The van der Waals surface area contributed by atoms with E-state index in [1.807, 2.05) is 0 Å². The van der Waals surface area contributed by atoms with E-state index >= 15 is 0 Å². The Hall–Kier alpha value is -1.11. The molecule has 2 fully saturated rings. The second-order valence-electron chi connectivity index (χ2n) is 4.97. The van der Waals surface area contributed by atoms with Crippen LogP contribution in [0.4, 0.5) is 5.13 Å². The predicted molar refractivity (Wildman–Crippen MR) is 76.7 cm³/mol. The second kappa shape index (κ2) is 6.18. The molecule has 12 heteroatoms. The van der Waals surface area contributed by atoms with Crippen LogP contribution in [0.2, 0.25) is 5.28 Å². The van der Waals surface area contributed by atoms with Crippen LogP contribution in [0, 0.1) is 0 Å². The van der Waals surface area contributed by atoms with Gasteiger partial charge in [-0.3, -0.25) is 5.43 Å². The summed E-state index contributed by atoms with van der Waals surface area (Å²) in [6.07, 6.45) is -3.03. The fourth-order valence-electron chi connectivity index (χ4n) is 2.52. The van der Waals surface area contributed by atoms with Crippen molar-refractivity contribution in [3.8, 4) is 0 Å². The standard InChI is InChI=1S/C10H15ClN6O4S/c1-12-17-13-2-10-3-20-7(21-10)4(5(18)6(10)19)14-9-15-8(11)16-22-9/h4-7,18-19H,2-3H2,1H3,(H,12,13)(H,14,15,16)/t4?,5-,6-,7-,10+/m1/s1. The van der Waals surface area contributed by atoms with Crippen molar-refractivity contribution in [1.82, 2.24) is 14.8 Å². The zero-order valence-electron chi connectivity index (χ0n) is 11.5. The minimum atomic E-state index is -1.17. The molecule has 0 aromatic carbocycles. The largest absolute Gasteiger partial charge is 0.388 e. The Balaban J connectivity index is 1.72. The lowest BCUT2D eigenvalue weighted by molar-refractivity contribution is -0.213. The number of hydrogen-bond acceptors (Lipinski definition) is 10. The lowest BCUT2D eigenvalue weighted by Gasteiger charge is -2.42. The van der Waals surface area contributed by atoms with E-state index in [4.69, 9.17) is 21.1 Å². The SMILES string of the molecule is C/N=N\NC[C@@]12CO[C@H](O1)C(Nc1nc(Cl)ns1)[C@@H](O)[C@H]2O. The summed E-state index contributed by atoms with van der Waals surface area (Å²) >= 11 is 6.70. The van der Waals surface area contributed by atoms with E-state index in [9.17, 15) is 10.2 Å². The number of aliphatic hydroxyl groups excluding tert-OH is 2. The molecule has 3 rings (SSSR count). The number of rotatable bonds is 5. The maximum absolute atomic E-state index is 10.4. The molecule has 5 atom stereocenters. The highest BCUT2D eigenvalue weighted by molar-refractivity contribution is 7.09. The summed E-state index contributed by atoms with van der Waals surface area (Å²) in [5, 5.41) is 31.4. The smallest absolute Gasteiger partial charge is 0.236 e. The Bertz CT molecular complexity index is 561. The van der Waals surface area contributed by atoms with Crippen LogP contribution in [-0.2, 0) is 9.47 Å². The number of ether oxygens (including phenoxy) is 2. The van der Waals surface area contributed by atoms with Gasteiger partial charge in [0.25, 0.3) is 0 Å². The van der Waals surface area contributed by atoms with Crippen LogP contribution in [0.25, 0.3) is 0 Å². The zero-order valence-corrected chi connectivity index (χ0v) is 13.1. The minimum Gasteiger partial charge on any atom is -0.388 e. The maximum atomic E-state index is 10.4. The van der Waals surface area contributed by atoms with Gasteiger partial charge in [0.05, 0.1) is 20.2 Å². The van der Waals surface area contributed by atoms with Gasteiger partial charge in [-0.05, 0) is 11.6 Å². The Morgan fingerprint density at radius 1 is 1.55 bits per heavy atom. The third-order valence-corrected chi connectivity index (χ3v) is 4.52. The highest BCUT2D eigenvalue weighted by Crippen LogP contribution is 2.38. The molecule has 3 heterocycles. The Morgan fingerprint density at radius 2 is 2.36 bits per heavy atom. The number of nitrogens with zero attached hydrogens (tertiary/aromatic N) is 4. The molecule has 2 bridgehead atoms. The van der Waals surface area contributed by atoms with Crippen LogP contribution in [0.5, 0.6) is 0 Å². The molecule has 0 aliphatic carbocycles. The van der Waals surface area contributed by atoms with Crippen molar-refractivity contribution in [2.45, 2.75) is 30.1 Å². The first-order chi connectivity index (χ1) is 10.6. The molecular formula is C10H15ClN6O4S. The van der Waals surface area contributed by atoms with E-state index < -0.39 is 30.1 Å². The fraction of sp³-hybridized carbons (Fsp3) is 0.800. The normalized spacial score (nSPS) is 37.6. The summed E-state index contributed by atoms with van der Waals surface area (Å²) in [7, 11) is 1.51. The second-order valence-corrected chi connectivity index (χ2v) is 6.06. The topological polar surface area (TPSA) is 133 Å². The van der Waals surface area contributed by atoms with Gasteiger partial charge in [0.1, 0.15) is 23.9 Å². The Morgan fingerprint density at radius 3 is 3.05 bits per heavy atom. The molecule has 2 saturated heterocycles. The van der Waals surface area contributed by atoms with Crippen molar-refractivity contribution in [2.24, 2.45) is 10.3 Å². The van der Waals surface area contributed by atoms with E-state index in [2.05, 4.69) is 30.4 Å². The van der Waals surface area contributed by atoms with Gasteiger partial charge in [-0.15, -0.1) is 0 Å². The first-order valence-corrected chi connectivity index (χ1v) is 7.64. The highest BCUT2D eigenvalue weighted by atomic mass is 35.5. The molecule has 2 aliphatic heterocycles. The molecule has 1 unspecified atom stereocenters. The van der Waals surface area contributed by atoms with Gasteiger partial charge in [-0.1, -0.05) is 5.22 Å². The molecule has 0 radical (unpaired) electrons. The van der Waals surface area contributed by atoms with Crippen molar-refractivity contribution < 1.29 is 19.7 Å². The molecule has 0 amide bonds. The monoisotopic (exact) mass is 350 g/mol. The van der Waals surface area contributed by atoms with Crippen molar-refractivity contribution in [2.75, 3.05) is 25.5 Å². The molecule has 0 spiro atoms. The van der Waals surface area contributed by atoms with E-state index in [1.165, 1.54) is 7.05 Å². The molecule has 4 N–H and O–H groups in total. The van der Waals surface area contributed by atoms with E-state index in [-0.39, 0.29) is 18.4 Å². The summed E-state index contributed by atoms with van der Waals surface area (Å²) < 4.78 is 15.1. The number of hydrogen-bond donors (Lipinski definition) is 4. The van der Waals surface area contributed by atoms with Crippen LogP contribution < -0.4 is 10.7 Å². The van der Waals surface area contributed by atoms with E-state index in [0.29, 0.717) is 5.13 Å². The van der Waals surface area contributed by atoms with Crippen molar-refractivity contribution in [3.63, 3.8) is 0 Å². The summed E-state index contributed by atoms with van der Waals surface area (Å²) in [6, 6.07) is -0.692. The Kier molecular flexibility index (Phi) is 4.43. The lowest BCUT2D eigenvalue weighted by atomic mass is 9.88. The van der Waals surface area contributed by atoms with E-state index in [1.54, 1.807) is 0 Å². The molecular weight excluding hydrogens is 336 g/mol. The summed E-state index contributed by atoms with van der Waals surface area (Å²) in [5.41, 5.74) is 1.59. The van der Waals surface area contributed by atoms with Gasteiger partial charge in [0.2, 0.25) is 10.4 Å². The summed E-state index contributed by atoms with van der Waals surface area (Å²) in [5.74, 6) is 0. The number of aromatic nitrogens is 2. The van der Waals surface area contributed by atoms with Gasteiger partial charge in [-0.25, -0.2) is 0 Å². The fourth-order valence-corrected chi connectivity index (χ4v) is 3.28. The molecule has 1 aromatic heterocycles. The quantitative estimate of drug-likeness (QED) is 0.409. The van der Waals surface area contributed by atoms with Gasteiger partial charge < -0.3 is 25.0 Å². The van der Waals surface area contributed by atoms with Crippen LogP contribution in [0.3, 0.4) is 0 Å². The molecule has 0 saturated carbocycles. The number of anilines is 1. The molecule has 122 valence electrons. The van der Waals surface area contributed by atoms with Gasteiger partial charge in [-0.2, -0.15) is 14.5 Å². The summed E-state index contributed by atoms with van der Waals surface area (Å²) in [4.78, 5) is 3.94. The highest BCUT2D eigenvalue weighted by Gasteiger charge is 2.59. The lowest BCUT2D eigenvalue weighted by Crippen LogP contribution is -2.65. The van der Waals surface area contributed by atoms with Gasteiger partial charge in [0.15, 0.2) is 6.29 Å². The first-order valence-electron chi connectivity index (χ1n) is 6.49. The average Bonchev–Trinajstić information content (AvgIpc) is 3.08. The van der Waals surface area contributed by atoms with Crippen LogP contribution in [-0.4, -0.2) is 69.9 Å². The molecule has 10 nitrogen and oxygen atoms in total. The molecule has 2 aliphatic rings. The van der Waals surface area contributed by atoms with Crippen LogP contribution >= 0.6 is 23.1 Å². The first kappa shape index (κ1) is 15.8. The Labute approximate surface area is 134 Å². The summed E-state index contributed by atoms with van der Waals surface area (Å²) in [6.45, 7) is 0.285. The number of nitrogens with one attached hydrogen (secondary N) is 2. The maximum Gasteiger partial charge on any atom is 0.236 e. The van der Waals surface area contributed by atoms with Gasteiger partial charge in [0, 0.05) is 11.5 Å². The van der Waals surface area contributed by atoms with Crippen LogP contribution in [0.15, 0.2) is 10.3 Å². The van der Waals surface area contributed by atoms with Crippen molar-refractivity contribution in [1.29, 1.82) is 0 Å². The van der Waals surface area contributed by atoms with Crippen molar-refractivity contribution in [3.05, 3.63) is 5.28 Å². The number of fused-ring (bicyclic) bond motifs is 2. The average molecular weight is 351 g/mol. The molecule has 1 aromatic rings. The van der Waals surface area contributed by atoms with E-state index in [0.717, 1.165) is 11.5 Å². The zero-order chi connectivity index (χ0) is 15.7. The number of aliphatic hydroxyl groups is 2. The predicted octanol–water partition coefficient (Wildman–Crippen LogP) is -0.594. The third-order valence-electron chi connectivity index (χ3n) is 3.61. The number of halogens is 1.